The first-order chi connectivity index (χ1) is 9.97. The van der Waals surface area contributed by atoms with E-state index in [4.69, 9.17) is 9.57 Å². The number of hydrogen-bond acceptors (Lipinski definition) is 3. The predicted octanol–water partition coefficient (Wildman–Crippen LogP) is 4.01. The first kappa shape index (κ1) is 17.0. The van der Waals surface area contributed by atoms with Gasteiger partial charge < -0.3 is 9.57 Å². The molecule has 3 nitrogen and oxygen atoms in total. The van der Waals surface area contributed by atoms with E-state index >= 15 is 0 Å². The van der Waals surface area contributed by atoms with Crippen LogP contribution in [0.5, 0.6) is 5.75 Å². The van der Waals surface area contributed by atoms with Crippen molar-refractivity contribution >= 4 is 5.71 Å². The molecule has 0 spiro atoms. The zero-order valence-electron chi connectivity index (χ0n) is 13.2. The Morgan fingerprint density at radius 2 is 2.10 bits per heavy atom. The zero-order chi connectivity index (χ0) is 15.8. The van der Waals surface area contributed by atoms with Gasteiger partial charge in [0.2, 0.25) is 0 Å². The molecule has 0 aliphatic rings. The Kier molecular flexibility index (Phi) is 6.74. The number of nitrogens with zero attached hydrogens (tertiary/aromatic N) is 1. The molecule has 0 saturated heterocycles. The average Bonchev–Trinajstić information content (AvgIpc) is 2.50. The van der Waals surface area contributed by atoms with Crippen molar-refractivity contribution in [3.63, 3.8) is 0 Å². The number of methoxy groups -OCH3 is 1. The summed E-state index contributed by atoms with van der Waals surface area (Å²) < 4.78 is 18.2. The highest BCUT2D eigenvalue weighted by molar-refractivity contribution is 5.83. The summed E-state index contributed by atoms with van der Waals surface area (Å²) in [6.07, 6.45) is 0.689. The van der Waals surface area contributed by atoms with Crippen LogP contribution in [0.15, 0.2) is 23.4 Å². The lowest BCUT2D eigenvalue weighted by atomic mass is 10.1. The smallest absolute Gasteiger partial charge is 0.185 e. The molecule has 0 aliphatic carbocycles. The van der Waals surface area contributed by atoms with Crippen LogP contribution in [-0.2, 0) is 4.84 Å². The van der Waals surface area contributed by atoms with Crippen LogP contribution >= 0.6 is 0 Å². The third-order valence-electron chi connectivity index (χ3n) is 3.25. The van der Waals surface area contributed by atoms with Gasteiger partial charge in [0.1, 0.15) is 0 Å². The fraction of sp³-hybridized carbons (Fsp3) is 0.471. The summed E-state index contributed by atoms with van der Waals surface area (Å²) in [6.45, 7) is 7.97. The maximum absolute atomic E-state index is 13.3. The molecule has 0 aromatic heterocycles. The van der Waals surface area contributed by atoms with Gasteiger partial charge in [-0.15, -0.1) is 0 Å². The van der Waals surface area contributed by atoms with E-state index in [1.807, 2.05) is 13.8 Å². The second-order valence-electron chi connectivity index (χ2n) is 4.91. The molecular weight excluding hydrogens is 269 g/mol. The number of halogens is 1. The monoisotopic (exact) mass is 291 g/mol. The van der Waals surface area contributed by atoms with E-state index in [0.29, 0.717) is 11.5 Å². The zero-order valence-corrected chi connectivity index (χ0v) is 13.2. The summed E-state index contributed by atoms with van der Waals surface area (Å²) in [5.74, 6) is 6.02. The molecule has 1 aromatic carbocycles. The Bertz CT molecular complexity index is 558. The second-order valence-corrected chi connectivity index (χ2v) is 4.91. The van der Waals surface area contributed by atoms with Gasteiger partial charge in [0, 0.05) is 5.56 Å². The SMILES string of the molecule is CC[C@H](C)/C(C)=N/O[C@H](C)C#Cc1ccc(F)c(OC)c1. The summed E-state index contributed by atoms with van der Waals surface area (Å²) in [7, 11) is 1.42. The molecule has 4 heteroatoms. The Morgan fingerprint density at radius 1 is 1.38 bits per heavy atom. The van der Waals surface area contributed by atoms with Crippen molar-refractivity contribution < 1.29 is 14.0 Å². The van der Waals surface area contributed by atoms with Crippen LogP contribution in [0.2, 0.25) is 0 Å². The molecule has 0 fully saturated rings. The van der Waals surface area contributed by atoms with Gasteiger partial charge in [0.15, 0.2) is 17.7 Å². The lowest BCUT2D eigenvalue weighted by Crippen LogP contribution is -2.09. The largest absolute Gasteiger partial charge is 0.494 e. The van der Waals surface area contributed by atoms with Gasteiger partial charge in [-0.05, 0) is 44.4 Å². The van der Waals surface area contributed by atoms with E-state index in [-0.39, 0.29) is 11.9 Å². The molecular formula is C17H22FNO2. The van der Waals surface area contributed by atoms with Gasteiger partial charge in [-0.3, -0.25) is 0 Å². The number of rotatable bonds is 5. The third kappa shape index (κ3) is 5.47. The fourth-order valence-corrected chi connectivity index (χ4v) is 1.50. The second kappa shape index (κ2) is 8.31. The molecule has 0 unspecified atom stereocenters. The van der Waals surface area contributed by atoms with Crippen molar-refractivity contribution in [2.24, 2.45) is 11.1 Å². The van der Waals surface area contributed by atoms with Crippen LogP contribution in [0.4, 0.5) is 4.39 Å². The minimum absolute atomic E-state index is 0.181. The van der Waals surface area contributed by atoms with E-state index in [1.165, 1.54) is 13.2 Å². The van der Waals surface area contributed by atoms with Crippen LogP contribution in [0, 0.1) is 23.6 Å². The van der Waals surface area contributed by atoms with Crippen LogP contribution in [0.3, 0.4) is 0 Å². The van der Waals surface area contributed by atoms with E-state index in [2.05, 4.69) is 30.8 Å². The summed E-state index contributed by atoms with van der Waals surface area (Å²) in [4.78, 5) is 5.34. The van der Waals surface area contributed by atoms with Crippen molar-refractivity contribution in [1.29, 1.82) is 0 Å². The molecule has 0 saturated carbocycles. The summed E-state index contributed by atoms with van der Waals surface area (Å²) in [5, 5.41) is 4.08. The maximum atomic E-state index is 13.3. The number of ether oxygens (including phenoxy) is 1. The molecule has 114 valence electrons. The maximum Gasteiger partial charge on any atom is 0.185 e. The highest BCUT2D eigenvalue weighted by Crippen LogP contribution is 2.17. The molecule has 1 rings (SSSR count). The first-order valence-electron chi connectivity index (χ1n) is 7.03. The van der Waals surface area contributed by atoms with Crippen LogP contribution in [0.1, 0.15) is 39.7 Å². The number of hydrogen-bond donors (Lipinski definition) is 0. The topological polar surface area (TPSA) is 30.8 Å². The van der Waals surface area contributed by atoms with Gasteiger partial charge in [-0.25, -0.2) is 4.39 Å². The fourth-order valence-electron chi connectivity index (χ4n) is 1.50. The van der Waals surface area contributed by atoms with Crippen molar-refractivity contribution in [2.75, 3.05) is 7.11 Å². The molecule has 0 aliphatic heterocycles. The molecule has 0 amide bonds. The summed E-state index contributed by atoms with van der Waals surface area (Å²) in [6, 6.07) is 4.49. The number of oxime groups is 1. The molecule has 0 bridgehead atoms. The van der Waals surface area contributed by atoms with Gasteiger partial charge in [-0.2, -0.15) is 0 Å². The van der Waals surface area contributed by atoms with Crippen molar-refractivity contribution in [2.45, 2.75) is 40.2 Å². The summed E-state index contributed by atoms with van der Waals surface area (Å²) in [5.41, 5.74) is 1.63. The molecule has 2 atom stereocenters. The van der Waals surface area contributed by atoms with E-state index in [1.54, 1.807) is 12.1 Å². The van der Waals surface area contributed by atoms with E-state index in [9.17, 15) is 4.39 Å². The van der Waals surface area contributed by atoms with Gasteiger partial charge in [0.25, 0.3) is 0 Å². The normalized spacial score (nSPS) is 13.9. The van der Waals surface area contributed by atoms with E-state index in [0.717, 1.165) is 12.1 Å². The van der Waals surface area contributed by atoms with Crippen LogP contribution in [0.25, 0.3) is 0 Å². The van der Waals surface area contributed by atoms with Crippen molar-refractivity contribution in [1.82, 2.24) is 0 Å². The molecule has 1 aromatic rings. The van der Waals surface area contributed by atoms with Gasteiger partial charge in [0.05, 0.1) is 12.8 Å². The molecule has 0 heterocycles. The quantitative estimate of drug-likeness (QED) is 0.466. The minimum atomic E-state index is -0.402. The lowest BCUT2D eigenvalue weighted by Gasteiger charge is -2.08. The Morgan fingerprint density at radius 3 is 2.71 bits per heavy atom. The minimum Gasteiger partial charge on any atom is -0.494 e. The van der Waals surface area contributed by atoms with Gasteiger partial charge >= 0.3 is 0 Å². The molecule has 0 radical (unpaired) electrons. The first-order valence-corrected chi connectivity index (χ1v) is 7.03. The van der Waals surface area contributed by atoms with Crippen molar-refractivity contribution in [3.8, 4) is 17.6 Å². The van der Waals surface area contributed by atoms with Crippen molar-refractivity contribution in [3.05, 3.63) is 29.6 Å². The lowest BCUT2D eigenvalue weighted by molar-refractivity contribution is 0.110. The van der Waals surface area contributed by atoms with E-state index < -0.39 is 5.82 Å². The average molecular weight is 291 g/mol. The Hall–Kier alpha value is -2.02. The highest BCUT2D eigenvalue weighted by Gasteiger charge is 2.05. The number of benzene rings is 1. The highest BCUT2D eigenvalue weighted by atomic mass is 19.1. The predicted molar refractivity (Wildman–Crippen MR) is 82.9 cm³/mol. The third-order valence-corrected chi connectivity index (χ3v) is 3.25. The molecule has 0 N–H and O–H groups in total. The molecule has 21 heavy (non-hydrogen) atoms. The Balaban J connectivity index is 2.70. The van der Waals surface area contributed by atoms with Gasteiger partial charge in [-0.1, -0.05) is 30.8 Å². The van der Waals surface area contributed by atoms with Crippen LogP contribution in [-0.4, -0.2) is 18.9 Å². The standard InChI is InChI=1S/C17H22FNO2/c1-6-12(2)14(4)19-21-13(3)7-8-15-9-10-16(18)17(11-15)20-5/h9-13H,6H2,1-5H3/b19-14+/t12-,13+/m0/s1. The Labute approximate surface area is 126 Å². The summed E-state index contributed by atoms with van der Waals surface area (Å²) >= 11 is 0. The van der Waals surface area contributed by atoms with Crippen LogP contribution < -0.4 is 4.74 Å².